The van der Waals surface area contributed by atoms with Gasteiger partial charge in [0.25, 0.3) is 0 Å². The topological polar surface area (TPSA) is 60.5 Å². The molecule has 0 radical (unpaired) electrons. The number of benzene rings is 8. The molecule has 0 fully saturated rings. The van der Waals surface area contributed by atoms with Crippen LogP contribution >= 0.6 is 0 Å². The van der Waals surface area contributed by atoms with Gasteiger partial charge < -0.3 is 5.32 Å². The van der Waals surface area contributed by atoms with E-state index in [1.807, 2.05) is 48.5 Å². The number of nitriles is 1. The van der Waals surface area contributed by atoms with Crippen LogP contribution in [0.25, 0.3) is 55.3 Å². The highest BCUT2D eigenvalue weighted by atomic mass is 15.2. The Balaban J connectivity index is 0.946. The van der Waals surface area contributed by atoms with E-state index in [9.17, 15) is 5.26 Å². The minimum atomic E-state index is -0.278. The number of rotatable bonds is 6. The summed E-state index contributed by atoms with van der Waals surface area (Å²) in [7, 11) is 0. The van der Waals surface area contributed by atoms with E-state index in [1.165, 1.54) is 49.7 Å². The molecule has 0 saturated carbocycles. The van der Waals surface area contributed by atoms with Gasteiger partial charge in [0.15, 0.2) is 5.84 Å². The largest absolute Gasteiger partial charge is 0.344 e. The monoisotopic (exact) mass is 730 g/mol. The van der Waals surface area contributed by atoms with Gasteiger partial charge >= 0.3 is 0 Å². The van der Waals surface area contributed by atoms with Crippen molar-refractivity contribution in [1.29, 1.82) is 5.26 Å². The predicted molar refractivity (Wildman–Crippen MR) is 234 cm³/mol. The van der Waals surface area contributed by atoms with Crippen LogP contribution in [0.3, 0.4) is 0 Å². The summed E-state index contributed by atoms with van der Waals surface area (Å²) in [4.78, 5) is 9.99. The van der Waals surface area contributed by atoms with Crippen LogP contribution in [0.1, 0.15) is 53.4 Å². The average molecular weight is 731 g/mol. The first-order valence-corrected chi connectivity index (χ1v) is 19.4. The van der Waals surface area contributed by atoms with Gasteiger partial charge in [-0.3, -0.25) is 0 Å². The molecule has 0 spiro atoms. The lowest BCUT2D eigenvalue weighted by Crippen LogP contribution is -2.33. The van der Waals surface area contributed by atoms with Gasteiger partial charge in [-0.05, 0) is 78.5 Å². The molecule has 8 aromatic carbocycles. The molecule has 0 aromatic heterocycles. The number of nitrogens with one attached hydrogen (secondary N) is 1. The minimum Gasteiger partial charge on any atom is -0.344 e. The third kappa shape index (κ3) is 5.93. The second-order valence-electron chi connectivity index (χ2n) is 15.3. The molecule has 10 rings (SSSR count). The Morgan fingerprint density at radius 2 is 1.07 bits per heavy atom. The van der Waals surface area contributed by atoms with Gasteiger partial charge in [0.1, 0.15) is 12.0 Å². The molecular formula is C53H38N4. The Morgan fingerprint density at radius 3 is 1.72 bits per heavy atom. The molecule has 1 atom stereocenters. The first-order chi connectivity index (χ1) is 28.0. The van der Waals surface area contributed by atoms with Gasteiger partial charge in [-0.1, -0.05) is 184 Å². The first-order valence-electron chi connectivity index (χ1n) is 19.4. The first kappa shape index (κ1) is 34.2. The molecule has 8 aromatic rings. The number of amidine groups is 2. The molecular weight excluding hydrogens is 693 g/mol. The Labute approximate surface area is 333 Å². The fourth-order valence-electron chi connectivity index (χ4n) is 8.63. The fourth-order valence-corrected chi connectivity index (χ4v) is 8.63. The minimum absolute atomic E-state index is 0.179. The van der Waals surface area contributed by atoms with Crippen LogP contribution in [0.2, 0.25) is 0 Å². The SMILES string of the molecule is CC1(C)c2cc(-c3ccc(-c4ccc(-c5ccc(C6N=C(c7ccccc7)N=C(c7ccccc7)N6)cc5)c5ccccc45)cc3)ccc2-c2c(C#N)cccc21. The normalized spacial score (nSPS) is 15.1. The Bertz CT molecular complexity index is 2930. The molecule has 270 valence electrons. The van der Waals surface area contributed by atoms with Gasteiger partial charge in [-0.25, -0.2) is 9.98 Å². The van der Waals surface area contributed by atoms with Crippen LogP contribution in [-0.4, -0.2) is 11.7 Å². The molecule has 2 aliphatic rings. The molecule has 1 heterocycles. The molecule has 1 aliphatic heterocycles. The quantitative estimate of drug-likeness (QED) is 0.185. The van der Waals surface area contributed by atoms with E-state index in [0.717, 1.165) is 44.8 Å². The number of fused-ring (bicyclic) bond motifs is 4. The zero-order valence-corrected chi connectivity index (χ0v) is 31.7. The van der Waals surface area contributed by atoms with Crippen molar-refractivity contribution in [2.24, 2.45) is 9.98 Å². The summed E-state index contributed by atoms with van der Waals surface area (Å²) >= 11 is 0. The van der Waals surface area contributed by atoms with Crippen LogP contribution in [0, 0.1) is 11.3 Å². The highest BCUT2D eigenvalue weighted by molar-refractivity contribution is 6.13. The maximum Gasteiger partial charge on any atom is 0.159 e. The van der Waals surface area contributed by atoms with Crippen LogP contribution in [-0.2, 0) is 5.41 Å². The Kier molecular flexibility index (Phi) is 8.24. The van der Waals surface area contributed by atoms with Crippen LogP contribution in [0.4, 0.5) is 0 Å². The highest BCUT2D eigenvalue weighted by Crippen LogP contribution is 2.51. The van der Waals surface area contributed by atoms with E-state index < -0.39 is 0 Å². The predicted octanol–water partition coefficient (Wildman–Crippen LogP) is 12.5. The van der Waals surface area contributed by atoms with Gasteiger partial charge in [0.2, 0.25) is 0 Å². The van der Waals surface area contributed by atoms with Crippen molar-refractivity contribution in [3.05, 3.63) is 215 Å². The summed E-state index contributed by atoms with van der Waals surface area (Å²) in [5, 5.41) is 15.9. The highest BCUT2D eigenvalue weighted by Gasteiger charge is 2.37. The lowest BCUT2D eigenvalue weighted by atomic mass is 9.81. The van der Waals surface area contributed by atoms with Gasteiger partial charge in [0.05, 0.1) is 11.6 Å². The number of nitrogens with zero attached hydrogens (tertiary/aromatic N) is 3. The smallest absolute Gasteiger partial charge is 0.159 e. The van der Waals surface area contributed by atoms with Crippen molar-refractivity contribution in [2.75, 3.05) is 0 Å². The van der Waals surface area contributed by atoms with E-state index >= 15 is 0 Å². The zero-order chi connectivity index (χ0) is 38.5. The van der Waals surface area contributed by atoms with Crippen molar-refractivity contribution < 1.29 is 0 Å². The Morgan fingerprint density at radius 1 is 0.509 bits per heavy atom. The molecule has 4 heteroatoms. The number of hydrogen-bond donors (Lipinski definition) is 1. The molecule has 1 N–H and O–H groups in total. The summed E-state index contributed by atoms with van der Waals surface area (Å²) in [6, 6.07) is 66.5. The second-order valence-corrected chi connectivity index (χ2v) is 15.3. The van der Waals surface area contributed by atoms with Gasteiger partial charge in [0, 0.05) is 22.1 Å². The second kappa shape index (κ2) is 13.7. The maximum absolute atomic E-state index is 9.86. The molecule has 0 amide bonds. The summed E-state index contributed by atoms with van der Waals surface area (Å²) in [6.07, 6.45) is -0.278. The average Bonchev–Trinajstić information content (AvgIpc) is 3.52. The number of aliphatic imine (C=N–C) groups is 2. The number of hydrogen-bond acceptors (Lipinski definition) is 4. The van der Waals surface area contributed by atoms with E-state index in [2.05, 4.69) is 159 Å². The van der Waals surface area contributed by atoms with Crippen molar-refractivity contribution in [2.45, 2.75) is 25.4 Å². The van der Waals surface area contributed by atoms with Crippen molar-refractivity contribution in [3.8, 4) is 50.6 Å². The molecule has 57 heavy (non-hydrogen) atoms. The summed E-state index contributed by atoms with van der Waals surface area (Å²) in [5.74, 6) is 1.53. The summed E-state index contributed by atoms with van der Waals surface area (Å²) in [6.45, 7) is 4.52. The van der Waals surface area contributed by atoms with Crippen molar-refractivity contribution in [3.63, 3.8) is 0 Å². The molecule has 0 saturated heterocycles. The molecule has 1 unspecified atom stereocenters. The molecule has 1 aliphatic carbocycles. The lowest BCUT2D eigenvalue weighted by Gasteiger charge is -2.24. The summed E-state index contributed by atoms with van der Waals surface area (Å²) < 4.78 is 0. The van der Waals surface area contributed by atoms with Crippen molar-refractivity contribution in [1.82, 2.24) is 5.32 Å². The van der Waals surface area contributed by atoms with Gasteiger partial charge in [-0.2, -0.15) is 5.26 Å². The molecule has 0 bridgehead atoms. The fraction of sp³-hybridized carbons (Fsp3) is 0.0755. The van der Waals surface area contributed by atoms with E-state index in [1.54, 1.807) is 0 Å². The van der Waals surface area contributed by atoms with E-state index in [0.29, 0.717) is 5.84 Å². The lowest BCUT2D eigenvalue weighted by molar-refractivity contribution is 0.660. The van der Waals surface area contributed by atoms with E-state index in [-0.39, 0.29) is 11.6 Å². The van der Waals surface area contributed by atoms with Crippen LogP contribution in [0.15, 0.2) is 192 Å². The third-order valence-electron chi connectivity index (χ3n) is 11.6. The van der Waals surface area contributed by atoms with Crippen LogP contribution in [0.5, 0.6) is 0 Å². The van der Waals surface area contributed by atoms with Crippen molar-refractivity contribution >= 4 is 22.4 Å². The summed E-state index contributed by atoms with van der Waals surface area (Å²) in [5.41, 5.74) is 15.4. The third-order valence-corrected chi connectivity index (χ3v) is 11.6. The zero-order valence-electron chi connectivity index (χ0n) is 31.7. The standard InChI is InChI=1S/C53H38N4/c1-53(2)47-19-11-16-41(33-54)49(47)46-29-28-40(32-48(46)53)34-20-22-35(23-21-34)42-30-31-43(45-18-10-9-17-44(42)45)36-24-26-39(27-25-36)52-56-50(37-12-5-3-6-13-37)55-51(57-52)38-14-7-4-8-15-38/h3-32,52H,1-2H3,(H,55,56,57). The molecule has 4 nitrogen and oxygen atoms in total. The van der Waals surface area contributed by atoms with Crippen LogP contribution < -0.4 is 5.32 Å². The van der Waals surface area contributed by atoms with Gasteiger partial charge in [-0.15, -0.1) is 0 Å². The maximum atomic E-state index is 9.86. The van der Waals surface area contributed by atoms with E-state index in [4.69, 9.17) is 9.98 Å². The Hall–Kier alpha value is -7.35.